The third-order valence-corrected chi connectivity index (χ3v) is 4.80. The maximum atomic E-state index is 12.5. The van der Waals surface area contributed by atoms with Gasteiger partial charge in [0.2, 0.25) is 11.9 Å². The average molecular weight is 342 g/mol. The first kappa shape index (κ1) is 17.4. The summed E-state index contributed by atoms with van der Waals surface area (Å²) < 4.78 is 1.81. The lowest BCUT2D eigenvalue weighted by Crippen LogP contribution is -2.49. The van der Waals surface area contributed by atoms with E-state index >= 15 is 0 Å². The summed E-state index contributed by atoms with van der Waals surface area (Å²) in [6.45, 7) is 8.08. The molecule has 25 heavy (non-hydrogen) atoms. The molecule has 1 aliphatic rings. The summed E-state index contributed by atoms with van der Waals surface area (Å²) in [5, 5.41) is 7.65. The molecule has 0 aromatic carbocycles. The molecule has 7 nitrogen and oxygen atoms in total. The second-order valence-electron chi connectivity index (χ2n) is 6.56. The average Bonchev–Trinajstić information content (AvgIpc) is 2.88. The van der Waals surface area contributed by atoms with Crippen molar-refractivity contribution in [1.82, 2.24) is 25.1 Å². The number of nitrogens with one attached hydrogen (secondary N) is 1. The maximum absolute atomic E-state index is 12.5. The number of hydrogen-bond acceptors (Lipinski definition) is 5. The summed E-state index contributed by atoms with van der Waals surface area (Å²) in [6.07, 6.45) is 6.43. The molecule has 1 unspecified atom stereocenters. The molecule has 1 fully saturated rings. The number of carbonyl (C=O) groups is 1. The van der Waals surface area contributed by atoms with Crippen LogP contribution >= 0.6 is 0 Å². The van der Waals surface area contributed by atoms with E-state index in [1.807, 2.05) is 24.6 Å². The SMILES string of the molecule is CCc1c(C)nn(CC(=O)NC2CCCN(c3ncccn3)C2)c1C. The first-order valence-corrected chi connectivity index (χ1v) is 8.92. The van der Waals surface area contributed by atoms with E-state index in [0.29, 0.717) is 0 Å². The molecular weight excluding hydrogens is 316 g/mol. The van der Waals surface area contributed by atoms with Crippen molar-refractivity contribution in [1.29, 1.82) is 0 Å². The summed E-state index contributed by atoms with van der Waals surface area (Å²) >= 11 is 0. The van der Waals surface area contributed by atoms with Gasteiger partial charge in [0, 0.05) is 37.2 Å². The molecule has 0 aliphatic carbocycles. The fraction of sp³-hybridized carbons (Fsp3) is 0.556. The summed E-state index contributed by atoms with van der Waals surface area (Å²) in [7, 11) is 0. The Morgan fingerprint density at radius 2 is 2.08 bits per heavy atom. The van der Waals surface area contributed by atoms with Crippen LogP contribution in [-0.4, -0.2) is 44.8 Å². The fourth-order valence-electron chi connectivity index (χ4n) is 3.54. The topological polar surface area (TPSA) is 75.9 Å². The Bertz CT molecular complexity index is 727. The Morgan fingerprint density at radius 1 is 1.32 bits per heavy atom. The molecule has 2 aromatic rings. The van der Waals surface area contributed by atoms with E-state index in [4.69, 9.17) is 0 Å². The third kappa shape index (κ3) is 3.97. The van der Waals surface area contributed by atoms with Gasteiger partial charge in [-0.3, -0.25) is 9.48 Å². The predicted octanol–water partition coefficient (Wildman–Crippen LogP) is 1.64. The van der Waals surface area contributed by atoms with Crippen molar-refractivity contribution in [2.45, 2.75) is 52.6 Å². The van der Waals surface area contributed by atoms with E-state index in [2.05, 4.69) is 32.2 Å². The van der Waals surface area contributed by atoms with Gasteiger partial charge in [0.25, 0.3) is 0 Å². The third-order valence-electron chi connectivity index (χ3n) is 4.80. The zero-order valence-electron chi connectivity index (χ0n) is 15.2. The molecule has 0 saturated carbocycles. The van der Waals surface area contributed by atoms with Gasteiger partial charge in [0.05, 0.1) is 5.69 Å². The van der Waals surface area contributed by atoms with Crippen LogP contribution in [0.1, 0.15) is 36.7 Å². The second kappa shape index (κ2) is 7.63. The zero-order chi connectivity index (χ0) is 17.8. The number of anilines is 1. The van der Waals surface area contributed by atoms with Crippen molar-refractivity contribution in [2.24, 2.45) is 0 Å². The molecule has 2 aromatic heterocycles. The molecule has 1 atom stereocenters. The number of aromatic nitrogens is 4. The van der Waals surface area contributed by atoms with Gasteiger partial charge in [-0.05, 0) is 44.7 Å². The summed E-state index contributed by atoms with van der Waals surface area (Å²) in [5.74, 6) is 0.738. The van der Waals surface area contributed by atoms with Crippen LogP contribution in [0, 0.1) is 13.8 Å². The molecule has 1 amide bonds. The fourth-order valence-corrected chi connectivity index (χ4v) is 3.54. The summed E-state index contributed by atoms with van der Waals surface area (Å²) in [4.78, 5) is 23.2. The minimum absolute atomic E-state index is 0.00841. The Kier molecular flexibility index (Phi) is 5.31. The van der Waals surface area contributed by atoms with E-state index in [1.165, 1.54) is 5.56 Å². The molecule has 3 heterocycles. The monoisotopic (exact) mass is 342 g/mol. The van der Waals surface area contributed by atoms with Gasteiger partial charge >= 0.3 is 0 Å². The minimum atomic E-state index is 0.00841. The van der Waals surface area contributed by atoms with Crippen LogP contribution < -0.4 is 10.2 Å². The quantitative estimate of drug-likeness (QED) is 0.894. The zero-order valence-corrected chi connectivity index (χ0v) is 15.2. The highest BCUT2D eigenvalue weighted by Crippen LogP contribution is 2.16. The molecule has 1 N–H and O–H groups in total. The summed E-state index contributed by atoms with van der Waals surface area (Å²) in [5.41, 5.74) is 3.33. The van der Waals surface area contributed by atoms with Crippen molar-refractivity contribution < 1.29 is 4.79 Å². The van der Waals surface area contributed by atoms with E-state index in [9.17, 15) is 4.79 Å². The second-order valence-corrected chi connectivity index (χ2v) is 6.56. The Hall–Kier alpha value is -2.44. The van der Waals surface area contributed by atoms with Crippen LogP contribution in [0.2, 0.25) is 0 Å². The lowest BCUT2D eigenvalue weighted by molar-refractivity contribution is -0.122. The number of nitrogens with zero attached hydrogens (tertiary/aromatic N) is 5. The standard InChI is InChI=1S/C18H26N6O/c1-4-16-13(2)22-24(14(16)3)12-17(25)21-15-7-5-10-23(11-15)18-19-8-6-9-20-18/h6,8-9,15H,4-5,7,10-12H2,1-3H3,(H,21,25). The molecule has 3 rings (SSSR count). The van der Waals surface area contributed by atoms with Crippen LogP contribution in [0.25, 0.3) is 0 Å². The molecule has 1 aliphatic heterocycles. The van der Waals surface area contributed by atoms with Crippen LogP contribution in [0.15, 0.2) is 18.5 Å². The predicted molar refractivity (Wildman–Crippen MR) is 96.5 cm³/mol. The first-order valence-electron chi connectivity index (χ1n) is 8.92. The molecule has 0 bridgehead atoms. The van der Waals surface area contributed by atoms with Gasteiger partial charge < -0.3 is 10.2 Å². The number of aryl methyl sites for hydroxylation is 1. The normalized spacial score (nSPS) is 17.6. The molecule has 7 heteroatoms. The minimum Gasteiger partial charge on any atom is -0.350 e. The molecule has 0 radical (unpaired) electrons. The smallest absolute Gasteiger partial charge is 0.242 e. The van der Waals surface area contributed by atoms with E-state index in [-0.39, 0.29) is 18.5 Å². The highest BCUT2D eigenvalue weighted by molar-refractivity contribution is 5.76. The number of rotatable bonds is 5. The van der Waals surface area contributed by atoms with Crippen molar-refractivity contribution in [3.8, 4) is 0 Å². The Morgan fingerprint density at radius 3 is 2.76 bits per heavy atom. The molecule has 134 valence electrons. The Labute approximate surface area is 148 Å². The van der Waals surface area contributed by atoms with Crippen molar-refractivity contribution in [3.05, 3.63) is 35.4 Å². The molecule has 1 saturated heterocycles. The highest BCUT2D eigenvalue weighted by atomic mass is 16.2. The largest absolute Gasteiger partial charge is 0.350 e. The van der Waals surface area contributed by atoms with Gasteiger partial charge in [0.15, 0.2) is 0 Å². The highest BCUT2D eigenvalue weighted by Gasteiger charge is 2.23. The number of hydrogen-bond donors (Lipinski definition) is 1. The number of carbonyl (C=O) groups excluding carboxylic acids is 1. The number of amides is 1. The van der Waals surface area contributed by atoms with Crippen LogP contribution in [0.4, 0.5) is 5.95 Å². The molecular formula is C18H26N6O. The van der Waals surface area contributed by atoms with Crippen molar-refractivity contribution in [2.75, 3.05) is 18.0 Å². The van der Waals surface area contributed by atoms with Gasteiger partial charge in [-0.2, -0.15) is 5.10 Å². The Balaban J connectivity index is 1.59. The van der Waals surface area contributed by atoms with Gasteiger partial charge in [-0.15, -0.1) is 0 Å². The van der Waals surface area contributed by atoms with E-state index < -0.39 is 0 Å². The van der Waals surface area contributed by atoms with Crippen LogP contribution in [-0.2, 0) is 17.8 Å². The van der Waals surface area contributed by atoms with Gasteiger partial charge in [-0.1, -0.05) is 6.92 Å². The summed E-state index contributed by atoms with van der Waals surface area (Å²) in [6, 6.07) is 1.93. The van der Waals surface area contributed by atoms with E-state index in [1.54, 1.807) is 12.4 Å². The lowest BCUT2D eigenvalue weighted by atomic mass is 10.1. The van der Waals surface area contributed by atoms with Crippen LogP contribution in [0.3, 0.4) is 0 Å². The van der Waals surface area contributed by atoms with Crippen LogP contribution in [0.5, 0.6) is 0 Å². The van der Waals surface area contributed by atoms with Crippen molar-refractivity contribution in [3.63, 3.8) is 0 Å². The molecule has 0 spiro atoms. The number of piperidine rings is 1. The van der Waals surface area contributed by atoms with Gasteiger partial charge in [-0.25, -0.2) is 9.97 Å². The van der Waals surface area contributed by atoms with Gasteiger partial charge in [0.1, 0.15) is 6.54 Å². The lowest BCUT2D eigenvalue weighted by Gasteiger charge is -2.33. The maximum Gasteiger partial charge on any atom is 0.242 e. The van der Waals surface area contributed by atoms with Crippen molar-refractivity contribution >= 4 is 11.9 Å². The first-order chi connectivity index (χ1) is 12.1. The van der Waals surface area contributed by atoms with E-state index in [0.717, 1.165) is 49.7 Å².